The summed E-state index contributed by atoms with van der Waals surface area (Å²) in [5, 5.41) is 20.6. The molecule has 1 fully saturated rings. The minimum atomic E-state index is -1.02. The maximum atomic E-state index is 13.8. The SMILES string of the molecule is CCOc1cc(C2/C(=C(\O)c3ccc4c(c3)OCCO4)C(=O)C(=O)N2c2nnc(SCc3ccccc3)s2)ccc1OCCC(C)C. The molecule has 0 aliphatic carbocycles. The second kappa shape index (κ2) is 14.5. The van der Waals surface area contributed by atoms with Crippen LogP contribution in [0.4, 0.5) is 5.13 Å². The molecular weight excluding hydrogens is 639 g/mol. The van der Waals surface area contributed by atoms with Crippen molar-refractivity contribution in [3.8, 4) is 23.0 Å². The van der Waals surface area contributed by atoms with Crippen molar-refractivity contribution in [3.63, 3.8) is 0 Å². The Hall–Kier alpha value is -4.55. The maximum absolute atomic E-state index is 13.8. The summed E-state index contributed by atoms with van der Waals surface area (Å²) in [6, 6.07) is 19.1. The first-order valence-electron chi connectivity index (χ1n) is 15.4. The molecule has 0 saturated carbocycles. The highest BCUT2D eigenvalue weighted by Gasteiger charge is 2.48. The third-order valence-corrected chi connectivity index (χ3v) is 9.73. The van der Waals surface area contributed by atoms with Gasteiger partial charge in [-0.15, -0.1) is 10.2 Å². The molecule has 2 aliphatic heterocycles. The summed E-state index contributed by atoms with van der Waals surface area (Å²) < 4.78 is 24.0. The molecule has 6 rings (SSSR count). The average molecular weight is 674 g/mol. The van der Waals surface area contributed by atoms with E-state index in [1.54, 1.807) is 36.4 Å². The van der Waals surface area contributed by atoms with Gasteiger partial charge in [0, 0.05) is 11.3 Å². The number of carbonyl (C=O) groups excluding carboxylic acids is 2. The van der Waals surface area contributed by atoms with E-state index in [-0.39, 0.29) is 16.5 Å². The molecule has 3 heterocycles. The van der Waals surface area contributed by atoms with Crippen LogP contribution in [0.25, 0.3) is 5.76 Å². The molecule has 4 aromatic rings. The zero-order chi connectivity index (χ0) is 32.9. The molecule has 12 heteroatoms. The van der Waals surface area contributed by atoms with Crippen molar-refractivity contribution in [2.24, 2.45) is 5.92 Å². The van der Waals surface area contributed by atoms with Crippen LogP contribution in [0.1, 0.15) is 49.9 Å². The Morgan fingerprint density at radius 3 is 2.55 bits per heavy atom. The van der Waals surface area contributed by atoms with E-state index < -0.39 is 17.7 Å². The molecule has 1 amide bonds. The number of aromatic nitrogens is 2. The van der Waals surface area contributed by atoms with Crippen molar-refractivity contribution >= 4 is 45.7 Å². The smallest absolute Gasteiger partial charge is 0.301 e. The number of nitrogens with zero attached hydrogens (tertiary/aromatic N) is 3. The quantitative estimate of drug-likeness (QED) is 0.0551. The lowest BCUT2D eigenvalue weighted by Gasteiger charge is -2.24. The monoisotopic (exact) mass is 673 g/mol. The van der Waals surface area contributed by atoms with Crippen LogP contribution in [0.2, 0.25) is 0 Å². The normalized spacial score (nSPS) is 16.9. The number of hydrogen-bond donors (Lipinski definition) is 1. The van der Waals surface area contributed by atoms with Crippen LogP contribution in [0, 0.1) is 5.92 Å². The number of thioether (sulfide) groups is 1. The Balaban J connectivity index is 1.41. The number of fused-ring (bicyclic) bond motifs is 1. The predicted octanol–water partition coefficient (Wildman–Crippen LogP) is 7.05. The highest BCUT2D eigenvalue weighted by molar-refractivity contribution is 8.00. The molecule has 0 spiro atoms. The Bertz CT molecular complexity index is 1790. The van der Waals surface area contributed by atoms with Gasteiger partial charge in [-0.05, 0) is 60.7 Å². The predicted molar refractivity (Wildman–Crippen MR) is 181 cm³/mol. The fourth-order valence-electron chi connectivity index (χ4n) is 5.26. The number of hydrogen-bond acceptors (Lipinski definition) is 11. The van der Waals surface area contributed by atoms with Gasteiger partial charge < -0.3 is 24.1 Å². The lowest BCUT2D eigenvalue weighted by atomic mass is 9.95. The number of carbonyl (C=O) groups is 2. The topological polar surface area (TPSA) is 120 Å². The number of rotatable bonds is 12. The van der Waals surface area contributed by atoms with Gasteiger partial charge in [0.05, 0.1) is 24.8 Å². The first-order chi connectivity index (χ1) is 22.8. The summed E-state index contributed by atoms with van der Waals surface area (Å²) in [4.78, 5) is 28.9. The van der Waals surface area contributed by atoms with E-state index in [9.17, 15) is 14.7 Å². The molecule has 1 aromatic heterocycles. The van der Waals surface area contributed by atoms with Crippen LogP contribution in [0.5, 0.6) is 23.0 Å². The maximum Gasteiger partial charge on any atom is 0.301 e. The van der Waals surface area contributed by atoms with Gasteiger partial charge in [-0.1, -0.05) is 73.3 Å². The van der Waals surface area contributed by atoms with E-state index in [0.717, 1.165) is 12.0 Å². The summed E-state index contributed by atoms with van der Waals surface area (Å²) in [6.07, 6.45) is 0.866. The van der Waals surface area contributed by atoms with Crippen molar-refractivity contribution in [2.75, 3.05) is 31.3 Å². The number of benzene rings is 3. The summed E-state index contributed by atoms with van der Waals surface area (Å²) in [7, 11) is 0. The van der Waals surface area contributed by atoms with Crippen LogP contribution >= 0.6 is 23.1 Å². The average Bonchev–Trinajstić information content (AvgIpc) is 3.65. The first kappa shape index (κ1) is 32.4. The molecule has 1 N–H and O–H groups in total. The van der Waals surface area contributed by atoms with Crippen molar-refractivity contribution in [1.82, 2.24) is 10.2 Å². The molecule has 1 atom stereocenters. The third kappa shape index (κ3) is 7.08. The van der Waals surface area contributed by atoms with Gasteiger partial charge >= 0.3 is 5.91 Å². The second-order valence-corrected chi connectivity index (χ2v) is 13.5. The third-order valence-electron chi connectivity index (χ3n) is 7.60. The molecule has 3 aromatic carbocycles. The highest BCUT2D eigenvalue weighted by Crippen LogP contribution is 2.46. The highest BCUT2D eigenvalue weighted by atomic mass is 32.2. The van der Waals surface area contributed by atoms with Gasteiger partial charge in [0.2, 0.25) is 5.13 Å². The number of amides is 1. The Morgan fingerprint density at radius 1 is 1.00 bits per heavy atom. The van der Waals surface area contributed by atoms with Crippen molar-refractivity contribution < 1.29 is 33.6 Å². The lowest BCUT2D eigenvalue weighted by Crippen LogP contribution is -2.29. The van der Waals surface area contributed by atoms with E-state index in [0.29, 0.717) is 76.6 Å². The standard InChI is InChI=1S/C35H35N3O7S2/c1-4-42-27-18-23(10-12-25(27)43-15-14-21(2)3)30-29(31(39)24-11-13-26-28(19-24)45-17-16-44-26)32(40)33(41)38(30)34-36-37-35(47-34)46-20-22-8-6-5-7-9-22/h5-13,18-19,21,30,39H,4,14-17,20H2,1-3H3/b31-29+. The van der Waals surface area contributed by atoms with Crippen molar-refractivity contribution in [3.05, 3.63) is 89.0 Å². The van der Waals surface area contributed by atoms with E-state index in [4.69, 9.17) is 18.9 Å². The fraction of sp³-hybridized carbons (Fsp3) is 0.314. The minimum absolute atomic E-state index is 0.0868. The van der Waals surface area contributed by atoms with E-state index in [1.807, 2.05) is 37.3 Å². The molecular formula is C35H35N3O7S2. The molecule has 2 aliphatic rings. The van der Waals surface area contributed by atoms with Crippen LogP contribution in [0.3, 0.4) is 0 Å². The van der Waals surface area contributed by atoms with Gasteiger partial charge in [-0.25, -0.2) is 0 Å². The molecule has 10 nitrogen and oxygen atoms in total. The van der Waals surface area contributed by atoms with Gasteiger partial charge in [-0.3, -0.25) is 14.5 Å². The Kier molecular flexibility index (Phi) is 9.98. The minimum Gasteiger partial charge on any atom is -0.507 e. The molecule has 47 heavy (non-hydrogen) atoms. The first-order valence-corrected chi connectivity index (χ1v) is 17.2. The Labute approximate surface area is 281 Å². The molecule has 0 radical (unpaired) electrons. The Morgan fingerprint density at radius 2 is 1.79 bits per heavy atom. The van der Waals surface area contributed by atoms with Crippen LogP contribution in [-0.4, -0.2) is 53.4 Å². The number of ether oxygens (including phenoxy) is 4. The van der Waals surface area contributed by atoms with Crippen LogP contribution in [0.15, 0.2) is 76.6 Å². The number of aliphatic hydroxyl groups excluding tert-OH is 1. The van der Waals surface area contributed by atoms with Gasteiger partial charge in [-0.2, -0.15) is 0 Å². The molecule has 0 bridgehead atoms. The number of Topliss-reactive ketones (excluding diaryl/α,β-unsaturated/α-hetero) is 1. The van der Waals surface area contributed by atoms with Crippen LogP contribution < -0.4 is 23.8 Å². The van der Waals surface area contributed by atoms with Crippen molar-refractivity contribution in [2.45, 2.75) is 43.3 Å². The van der Waals surface area contributed by atoms with E-state index >= 15 is 0 Å². The molecule has 1 saturated heterocycles. The second-order valence-electron chi connectivity index (χ2n) is 11.3. The number of anilines is 1. The van der Waals surface area contributed by atoms with Gasteiger partial charge in [0.25, 0.3) is 5.78 Å². The summed E-state index contributed by atoms with van der Waals surface area (Å²) in [5.41, 5.74) is 1.88. The van der Waals surface area contributed by atoms with Crippen LogP contribution in [-0.2, 0) is 15.3 Å². The van der Waals surface area contributed by atoms with Gasteiger partial charge in [0.1, 0.15) is 19.0 Å². The summed E-state index contributed by atoms with van der Waals surface area (Å²) >= 11 is 2.70. The largest absolute Gasteiger partial charge is 0.507 e. The van der Waals surface area contributed by atoms with Crippen molar-refractivity contribution in [1.29, 1.82) is 0 Å². The molecule has 244 valence electrons. The zero-order valence-electron chi connectivity index (χ0n) is 26.3. The van der Waals surface area contributed by atoms with Gasteiger partial charge in [0.15, 0.2) is 27.3 Å². The summed E-state index contributed by atoms with van der Waals surface area (Å²) in [5.74, 6) is 1.12. The fourth-order valence-corrected chi connectivity index (χ4v) is 7.08. The number of ketones is 1. The molecule has 1 unspecified atom stereocenters. The summed E-state index contributed by atoms with van der Waals surface area (Å²) in [6.45, 7) is 7.77. The van der Waals surface area contributed by atoms with E-state index in [1.165, 1.54) is 28.0 Å². The zero-order valence-corrected chi connectivity index (χ0v) is 27.9. The van der Waals surface area contributed by atoms with E-state index in [2.05, 4.69) is 24.0 Å². The number of aliphatic hydroxyl groups is 1. The lowest BCUT2D eigenvalue weighted by molar-refractivity contribution is -0.132.